The van der Waals surface area contributed by atoms with E-state index in [1.807, 2.05) is 0 Å². The lowest BCUT2D eigenvalue weighted by Crippen LogP contribution is -2.47. The van der Waals surface area contributed by atoms with Crippen LogP contribution in [0.4, 0.5) is 0 Å². The van der Waals surface area contributed by atoms with Crippen molar-refractivity contribution in [3.8, 4) is 0 Å². The van der Waals surface area contributed by atoms with Crippen LogP contribution in [0.25, 0.3) is 0 Å². The van der Waals surface area contributed by atoms with Gasteiger partial charge in [0.1, 0.15) is 0 Å². The van der Waals surface area contributed by atoms with Gasteiger partial charge in [-0.25, -0.2) is 0 Å². The summed E-state index contributed by atoms with van der Waals surface area (Å²) >= 11 is 0. The lowest BCUT2D eigenvalue weighted by Gasteiger charge is -2.39. The van der Waals surface area contributed by atoms with Crippen molar-refractivity contribution in [2.75, 3.05) is 6.61 Å². The van der Waals surface area contributed by atoms with Gasteiger partial charge < -0.3 is 10.4 Å². The molecule has 0 aliphatic heterocycles. The zero-order valence-electron chi connectivity index (χ0n) is 11.5. The topological polar surface area (TPSA) is 32.3 Å². The summed E-state index contributed by atoms with van der Waals surface area (Å²) in [6, 6.07) is 1.46. The minimum absolute atomic E-state index is 0.392. The Hall–Kier alpha value is -0.0800. The van der Waals surface area contributed by atoms with Crippen LogP contribution in [0.2, 0.25) is 0 Å². The number of nitrogens with one attached hydrogen (secondary N) is 1. The quantitative estimate of drug-likeness (QED) is 0.793. The third kappa shape index (κ3) is 3.45. The highest BCUT2D eigenvalue weighted by Gasteiger charge is 2.29. The van der Waals surface area contributed by atoms with E-state index in [1.54, 1.807) is 0 Å². The van der Waals surface area contributed by atoms with Crippen molar-refractivity contribution in [3.63, 3.8) is 0 Å². The van der Waals surface area contributed by atoms with Crippen molar-refractivity contribution in [1.82, 2.24) is 5.32 Å². The van der Waals surface area contributed by atoms with Crippen molar-refractivity contribution < 1.29 is 5.11 Å². The third-order valence-corrected chi connectivity index (χ3v) is 5.26. The minimum atomic E-state index is 0.392. The van der Waals surface area contributed by atoms with E-state index in [9.17, 15) is 0 Å². The molecule has 3 atom stereocenters. The highest BCUT2D eigenvalue weighted by molar-refractivity contribution is 4.86. The van der Waals surface area contributed by atoms with Crippen LogP contribution in [0.15, 0.2) is 0 Å². The molecule has 2 rings (SSSR count). The maximum Gasteiger partial charge on any atom is 0.0459 e. The lowest BCUT2D eigenvalue weighted by molar-refractivity contribution is 0.148. The summed E-state index contributed by atoms with van der Waals surface area (Å²) in [4.78, 5) is 0. The second-order valence-corrected chi connectivity index (χ2v) is 6.44. The largest absolute Gasteiger partial charge is 0.396 e. The van der Waals surface area contributed by atoms with Gasteiger partial charge in [-0.1, -0.05) is 26.7 Å². The molecule has 0 aromatic heterocycles. The van der Waals surface area contributed by atoms with Gasteiger partial charge in [-0.05, 0) is 49.9 Å². The number of hydrogen-bond acceptors (Lipinski definition) is 2. The fourth-order valence-corrected chi connectivity index (χ4v) is 3.63. The molecule has 3 unspecified atom stereocenters. The van der Waals surface area contributed by atoms with Crippen molar-refractivity contribution in [1.29, 1.82) is 0 Å². The fourth-order valence-electron chi connectivity index (χ4n) is 3.63. The van der Waals surface area contributed by atoms with Gasteiger partial charge in [0.2, 0.25) is 0 Å². The van der Waals surface area contributed by atoms with E-state index in [2.05, 4.69) is 19.2 Å². The first-order chi connectivity index (χ1) is 8.20. The van der Waals surface area contributed by atoms with E-state index in [0.29, 0.717) is 12.5 Å². The summed E-state index contributed by atoms with van der Waals surface area (Å²) in [5.41, 5.74) is 0. The Balaban J connectivity index is 1.77. The second kappa shape index (κ2) is 6.19. The maximum absolute atomic E-state index is 9.16. The molecular formula is C15H29NO. The van der Waals surface area contributed by atoms with Crippen LogP contribution in [0, 0.1) is 17.8 Å². The summed E-state index contributed by atoms with van der Waals surface area (Å²) in [5.74, 6) is 2.30. The molecule has 2 heteroatoms. The van der Waals surface area contributed by atoms with Crippen molar-refractivity contribution in [3.05, 3.63) is 0 Å². The van der Waals surface area contributed by atoms with Crippen LogP contribution in [-0.4, -0.2) is 23.8 Å². The molecule has 2 N–H and O–H groups in total. The molecule has 0 heterocycles. The molecule has 2 aliphatic carbocycles. The molecule has 2 aliphatic rings. The average Bonchev–Trinajstić information content (AvgIpc) is 2.36. The molecule has 0 aromatic carbocycles. The molecule has 0 aromatic rings. The van der Waals surface area contributed by atoms with Crippen LogP contribution in [0.1, 0.15) is 58.8 Å². The summed E-state index contributed by atoms with van der Waals surface area (Å²) in [6.45, 7) is 5.21. The van der Waals surface area contributed by atoms with Crippen LogP contribution in [-0.2, 0) is 0 Å². The van der Waals surface area contributed by atoms with E-state index in [1.165, 1.54) is 44.9 Å². The smallest absolute Gasteiger partial charge is 0.0459 e. The van der Waals surface area contributed by atoms with Gasteiger partial charge in [0, 0.05) is 18.7 Å². The third-order valence-electron chi connectivity index (χ3n) is 5.26. The van der Waals surface area contributed by atoms with E-state index >= 15 is 0 Å². The SMILES string of the molecule is CC1CCCC(NC2CCC(CO)CC2)C1C. The highest BCUT2D eigenvalue weighted by atomic mass is 16.3. The van der Waals surface area contributed by atoms with E-state index < -0.39 is 0 Å². The Kier molecular flexibility index (Phi) is 4.87. The Bertz CT molecular complexity index is 223. The predicted molar refractivity (Wildman–Crippen MR) is 71.9 cm³/mol. The zero-order valence-corrected chi connectivity index (χ0v) is 11.5. The molecular weight excluding hydrogens is 210 g/mol. The van der Waals surface area contributed by atoms with Crippen LogP contribution in [0.3, 0.4) is 0 Å². The Morgan fingerprint density at radius 3 is 2.35 bits per heavy atom. The van der Waals surface area contributed by atoms with Crippen LogP contribution in [0.5, 0.6) is 0 Å². The molecule has 100 valence electrons. The zero-order chi connectivity index (χ0) is 12.3. The van der Waals surface area contributed by atoms with E-state index in [0.717, 1.165) is 23.9 Å². The van der Waals surface area contributed by atoms with Gasteiger partial charge in [0.05, 0.1) is 0 Å². The first-order valence-electron chi connectivity index (χ1n) is 7.57. The Morgan fingerprint density at radius 1 is 1.00 bits per heavy atom. The van der Waals surface area contributed by atoms with Crippen LogP contribution >= 0.6 is 0 Å². The van der Waals surface area contributed by atoms with Gasteiger partial charge in [0.25, 0.3) is 0 Å². The van der Waals surface area contributed by atoms with Gasteiger partial charge >= 0.3 is 0 Å². The molecule has 0 radical (unpaired) electrons. The molecule has 0 amide bonds. The molecule has 2 nitrogen and oxygen atoms in total. The summed E-state index contributed by atoms with van der Waals surface area (Å²) in [6.07, 6.45) is 9.14. The standard InChI is InChI=1S/C15H29NO/c1-11-4-3-5-15(12(11)2)16-14-8-6-13(10-17)7-9-14/h11-17H,3-10H2,1-2H3. The van der Waals surface area contributed by atoms with E-state index in [-0.39, 0.29) is 0 Å². The first-order valence-corrected chi connectivity index (χ1v) is 7.57. The molecule has 17 heavy (non-hydrogen) atoms. The molecule has 0 spiro atoms. The highest BCUT2D eigenvalue weighted by Crippen LogP contribution is 2.31. The molecule has 0 saturated heterocycles. The van der Waals surface area contributed by atoms with Gasteiger partial charge in [-0.3, -0.25) is 0 Å². The number of hydrogen-bond donors (Lipinski definition) is 2. The van der Waals surface area contributed by atoms with Gasteiger partial charge in [-0.2, -0.15) is 0 Å². The normalized spacial score (nSPS) is 43.6. The fraction of sp³-hybridized carbons (Fsp3) is 1.00. The van der Waals surface area contributed by atoms with Crippen molar-refractivity contribution in [2.24, 2.45) is 17.8 Å². The first kappa shape index (κ1) is 13.4. The van der Waals surface area contributed by atoms with E-state index in [4.69, 9.17) is 5.11 Å². The maximum atomic E-state index is 9.16. The van der Waals surface area contributed by atoms with Crippen molar-refractivity contribution >= 4 is 0 Å². The second-order valence-electron chi connectivity index (χ2n) is 6.44. The average molecular weight is 239 g/mol. The monoisotopic (exact) mass is 239 g/mol. The molecule has 2 saturated carbocycles. The molecule has 0 bridgehead atoms. The van der Waals surface area contributed by atoms with Gasteiger partial charge in [-0.15, -0.1) is 0 Å². The van der Waals surface area contributed by atoms with Crippen molar-refractivity contribution in [2.45, 2.75) is 70.9 Å². The van der Waals surface area contributed by atoms with Crippen LogP contribution < -0.4 is 5.32 Å². The Labute approximate surface area is 106 Å². The van der Waals surface area contributed by atoms with Gasteiger partial charge in [0.15, 0.2) is 0 Å². The molecule has 2 fully saturated rings. The summed E-state index contributed by atoms with van der Waals surface area (Å²) in [5, 5.41) is 13.1. The predicted octanol–water partition coefficient (Wildman–Crippen LogP) is 2.95. The Morgan fingerprint density at radius 2 is 1.71 bits per heavy atom. The number of aliphatic hydroxyl groups is 1. The summed E-state index contributed by atoms with van der Waals surface area (Å²) < 4.78 is 0. The number of rotatable bonds is 3. The minimum Gasteiger partial charge on any atom is -0.396 e. The lowest BCUT2D eigenvalue weighted by atomic mass is 9.77. The number of aliphatic hydroxyl groups excluding tert-OH is 1. The summed E-state index contributed by atoms with van der Waals surface area (Å²) in [7, 11) is 0.